The zero-order valence-corrected chi connectivity index (χ0v) is 36.3. The Kier molecular flexibility index (Phi) is 10.8. The van der Waals surface area contributed by atoms with E-state index in [1.165, 1.54) is 0 Å². The minimum atomic E-state index is -1.03. The van der Waals surface area contributed by atoms with E-state index >= 15 is 0 Å². The van der Waals surface area contributed by atoms with E-state index in [1.54, 1.807) is 6.08 Å². The number of hydrogen-bond donors (Lipinski definition) is 0. The zero-order chi connectivity index (χ0) is 42.0. The van der Waals surface area contributed by atoms with Crippen LogP contribution in [0.2, 0.25) is 0 Å². The molecule has 338 valence electrons. The third-order valence-corrected chi connectivity index (χ3v) is 15.9. The maximum atomic E-state index is 14.3. The smallest absolute Gasteiger partial charge is 0.308 e. The summed E-state index contributed by atoms with van der Waals surface area (Å²) < 4.78 is 87.3. The van der Waals surface area contributed by atoms with Crippen LogP contribution in [-0.4, -0.2) is 140 Å². The van der Waals surface area contributed by atoms with Crippen LogP contribution >= 0.6 is 0 Å². The number of hydrogen-bond acceptors (Lipinski definition) is 14. The molecule has 0 aromatic rings. The van der Waals surface area contributed by atoms with Gasteiger partial charge in [-0.3, -0.25) is 4.79 Å². The standard InChI is InChI=1S/C47H66O14/c1-8-15-49-47-22-46-14-13-29-17-24(3)30(51-29)11-9-27-16-23(2)25(4)32(52-27)19-34-39(26(5)38-35(54-34)20-33-36(56-38)21-50-45(6,7)58-33)57-37(48)18-28-10-12-31-40(53-28)41(59-46)42(60-47)43(55-31)44(47)61-46/h8,23,26-36,38-44H,1,3-4,9-22H2,2,5-7H3/t23-,26+,27?,28?,29?,30?,31+,32-,33-,34?,35+,36-,38+,39-,40+,41+,42+,43-,44-,46-,47?/m1/s1. The highest BCUT2D eigenvalue weighted by Crippen LogP contribution is 2.59. The summed E-state index contributed by atoms with van der Waals surface area (Å²) in [4.78, 5) is 14.3. The molecule has 0 aromatic carbocycles. The normalized spacial score (nSPS) is 53.8. The molecule has 6 unspecified atom stereocenters. The second kappa shape index (κ2) is 15.7. The summed E-state index contributed by atoms with van der Waals surface area (Å²) in [5.74, 6) is -3.00. The number of carbonyl (C=O) groups excluding carboxylic acids is 1. The third-order valence-electron chi connectivity index (χ3n) is 15.9. The van der Waals surface area contributed by atoms with E-state index in [0.717, 1.165) is 43.3 Å². The summed E-state index contributed by atoms with van der Waals surface area (Å²) in [7, 11) is 0. The largest absolute Gasteiger partial charge is 0.459 e. The second-order valence-corrected chi connectivity index (χ2v) is 20.5. The van der Waals surface area contributed by atoms with Gasteiger partial charge in [0.2, 0.25) is 5.79 Å². The molecule has 0 aromatic heterocycles. The minimum absolute atomic E-state index is 0.00681. The van der Waals surface area contributed by atoms with Crippen molar-refractivity contribution in [2.75, 3.05) is 13.2 Å². The number of ether oxygens (including phenoxy) is 13. The molecule has 12 bridgehead atoms. The average molecular weight is 855 g/mol. The van der Waals surface area contributed by atoms with E-state index in [-0.39, 0.29) is 85.3 Å². The quantitative estimate of drug-likeness (QED) is 0.260. The minimum Gasteiger partial charge on any atom is -0.459 e. The fourth-order valence-electron chi connectivity index (χ4n) is 12.9. The lowest BCUT2D eigenvalue weighted by molar-refractivity contribution is -0.356. The van der Waals surface area contributed by atoms with Crippen molar-refractivity contribution in [3.63, 3.8) is 0 Å². The molecule has 0 aliphatic carbocycles. The van der Waals surface area contributed by atoms with Gasteiger partial charge in [-0.15, -0.1) is 6.58 Å². The van der Waals surface area contributed by atoms with Gasteiger partial charge in [-0.1, -0.05) is 33.1 Å². The Bertz CT molecular complexity index is 1740. The van der Waals surface area contributed by atoms with Crippen LogP contribution in [0, 0.1) is 11.8 Å². The van der Waals surface area contributed by atoms with Crippen molar-refractivity contribution in [1.82, 2.24) is 0 Å². The average Bonchev–Trinajstić information content (AvgIpc) is 3.77. The fourth-order valence-corrected chi connectivity index (χ4v) is 12.9. The first kappa shape index (κ1) is 41.9. The van der Waals surface area contributed by atoms with E-state index in [1.807, 2.05) is 13.8 Å². The number of carbonyl (C=O) groups is 1. The van der Waals surface area contributed by atoms with Crippen molar-refractivity contribution in [3.05, 3.63) is 37.0 Å². The Labute approximate surface area is 359 Å². The molecule has 12 heterocycles. The van der Waals surface area contributed by atoms with Crippen molar-refractivity contribution < 1.29 is 66.4 Å². The molecule has 12 fully saturated rings. The van der Waals surface area contributed by atoms with Crippen LogP contribution in [0.1, 0.15) is 105 Å². The van der Waals surface area contributed by atoms with Crippen LogP contribution in [0.4, 0.5) is 0 Å². The molecule has 61 heavy (non-hydrogen) atoms. The van der Waals surface area contributed by atoms with Crippen LogP contribution in [0.5, 0.6) is 0 Å². The molecular weight excluding hydrogens is 789 g/mol. The van der Waals surface area contributed by atoms with Crippen LogP contribution < -0.4 is 0 Å². The van der Waals surface area contributed by atoms with Crippen LogP contribution in [-0.2, 0) is 66.4 Å². The SMILES string of the molecule is C=CCOC12C[C@]34CCC5CC(=C)C(CCC6C[C@@H](C)C(=C)[C@@H](CC7O[C@H]8C[C@H]9OC(C)(C)OC[C@H]9O[C@H]8[C@H](C)[C@H]7OC(=O)CC7CC[C@@H]8O[C@H]([C@@H](O1)[C@@H](O3)[C@H]8O7)[C@H]2O4)O6)O5. The molecule has 14 heteroatoms. The summed E-state index contributed by atoms with van der Waals surface area (Å²) >= 11 is 0. The van der Waals surface area contributed by atoms with E-state index < -0.39 is 60.1 Å². The fraction of sp³-hybridized carbons (Fsp3) is 0.851. The highest BCUT2D eigenvalue weighted by molar-refractivity contribution is 5.70. The van der Waals surface area contributed by atoms with Crippen LogP contribution in [0.15, 0.2) is 37.0 Å². The Morgan fingerprint density at radius 1 is 0.689 bits per heavy atom. The zero-order valence-electron chi connectivity index (χ0n) is 36.3. The molecular formula is C47H66O14. The molecule has 0 radical (unpaired) electrons. The van der Waals surface area contributed by atoms with Gasteiger partial charge < -0.3 is 61.6 Å². The topological polar surface area (TPSA) is 137 Å². The summed E-state index contributed by atoms with van der Waals surface area (Å²) in [6, 6.07) is 0. The van der Waals surface area contributed by atoms with Crippen molar-refractivity contribution in [3.8, 4) is 0 Å². The molecule has 0 saturated carbocycles. The molecule has 1 spiro atoms. The van der Waals surface area contributed by atoms with E-state index in [9.17, 15) is 4.79 Å². The summed E-state index contributed by atoms with van der Waals surface area (Å²) in [5.41, 5.74) is 2.16. The summed E-state index contributed by atoms with van der Waals surface area (Å²) in [6.07, 6.45) is 3.99. The van der Waals surface area contributed by atoms with Crippen LogP contribution in [0.25, 0.3) is 0 Å². The van der Waals surface area contributed by atoms with E-state index in [4.69, 9.17) is 61.6 Å². The maximum absolute atomic E-state index is 14.3. The third kappa shape index (κ3) is 7.44. The molecule has 21 atom stereocenters. The van der Waals surface area contributed by atoms with Gasteiger partial charge >= 0.3 is 5.97 Å². The molecule has 0 amide bonds. The van der Waals surface area contributed by atoms with Gasteiger partial charge in [-0.2, -0.15) is 0 Å². The molecule has 12 aliphatic rings. The lowest BCUT2D eigenvalue weighted by Gasteiger charge is -2.53. The van der Waals surface area contributed by atoms with Gasteiger partial charge in [0.15, 0.2) is 11.6 Å². The van der Waals surface area contributed by atoms with Gasteiger partial charge in [-0.25, -0.2) is 0 Å². The van der Waals surface area contributed by atoms with Crippen molar-refractivity contribution >= 4 is 5.97 Å². The van der Waals surface area contributed by atoms with Gasteiger partial charge in [-0.05, 0) is 75.9 Å². The van der Waals surface area contributed by atoms with Gasteiger partial charge in [0.05, 0.1) is 87.1 Å². The molecule has 12 aliphatic heterocycles. The Balaban J connectivity index is 0.886. The highest BCUT2D eigenvalue weighted by Gasteiger charge is 2.75. The molecule has 0 N–H and O–H groups in total. The van der Waals surface area contributed by atoms with Crippen molar-refractivity contribution in [2.24, 2.45) is 11.8 Å². The maximum Gasteiger partial charge on any atom is 0.308 e. The summed E-state index contributed by atoms with van der Waals surface area (Å²) in [6.45, 7) is 21.9. The number of esters is 1. The predicted molar refractivity (Wildman–Crippen MR) is 215 cm³/mol. The van der Waals surface area contributed by atoms with Crippen molar-refractivity contribution in [1.29, 1.82) is 0 Å². The molecule has 12 saturated heterocycles. The van der Waals surface area contributed by atoms with E-state index in [0.29, 0.717) is 51.7 Å². The Morgan fingerprint density at radius 3 is 2.31 bits per heavy atom. The number of rotatable bonds is 3. The lowest BCUT2D eigenvalue weighted by atomic mass is 9.79. The number of fused-ring (bicyclic) bond motifs is 8. The highest BCUT2D eigenvalue weighted by atomic mass is 16.8. The lowest BCUT2D eigenvalue weighted by Crippen LogP contribution is -2.64. The first-order chi connectivity index (χ1) is 29.3. The van der Waals surface area contributed by atoms with Gasteiger partial charge in [0, 0.05) is 25.2 Å². The summed E-state index contributed by atoms with van der Waals surface area (Å²) in [5, 5.41) is 0. The van der Waals surface area contributed by atoms with Crippen molar-refractivity contribution in [2.45, 2.75) is 226 Å². The first-order valence-corrected chi connectivity index (χ1v) is 23.4. The Hall–Kier alpha value is -1.79. The molecule has 12 rings (SSSR count). The second-order valence-electron chi connectivity index (χ2n) is 20.5. The Morgan fingerprint density at radius 2 is 1.46 bits per heavy atom. The molecule has 14 nitrogen and oxygen atoms in total. The van der Waals surface area contributed by atoms with Crippen LogP contribution in [0.3, 0.4) is 0 Å². The monoisotopic (exact) mass is 854 g/mol. The van der Waals surface area contributed by atoms with Gasteiger partial charge in [0.25, 0.3) is 0 Å². The van der Waals surface area contributed by atoms with Gasteiger partial charge in [0.1, 0.15) is 42.7 Å². The first-order valence-electron chi connectivity index (χ1n) is 23.4. The predicted octanol–water partition coefficient (Wildman–Crippen LogP) is 5.53. The van der Waals surface area contributed by atoms with E-state index in [2.05, 4.69) is 33.6 Å².